The van der Waals surface area contributed by atoms with Gasteiger partial charge >= 0.3 is 5.30 Å². The molecule has 1 fully saturated rings. The van der Waals surface area contributed by atoms with Crippen LogP contribution in [0.4, 0.5) is 16.2 Å². The van der Waals surface area contributed by atoms with Gasteiger partial charge in [0.2, 0.25) is 5.91 Å². The third-order valence-electron chi connectivity index (χ3n) is 6.52. The summed E-state index contributed by atoms with van der Waals surface area (Å²) in [5, 5.41) is 0.811. The first-order chi connectivity index (χ1) is 17.5. The Morgan fingerprint density at radius 1 is 1.03 bits per heavy atom. The number of unbranched alkanes of at least 4 members (excludes halogenated alkanes) is 1. The first kappa shape index (κ1) is 26.9. The molecular weight excluding hydrogens is 521 g/mol. The minimum Gasteiger partial charge on any atom is -0.494 e. The van der Waals surface area contributed by atoms with E-state index >= 15 is 0 Å². The SMILES string of the molecule is CSC(=O)OCN1C(=O)CCc2ccc(OCCCCN3CCN(c4cccc(Cl)c4Cl)CC3)cc21. The fourth-order valence-electron chi connectivity index (χ4n) is 4.50. The number of piperazine rings is 1. The van der Waals surface area contributed by atoms with Gasteiger partial charge in [0.25, 0.3) is 0 Å². The van der Waals surface area contributed by atoms with Crippen molar-refractivity contribution >= 4 is 57.5 Å². The number of carbonyl (C=O) groups is 2. The molecule has 2 aliphatic heterocycles. The van der Waals surface area contributed by atoms with Gasteiger partial charge in [-0.05, 0) is 67.6 Å². The molecule has 0 saturated carbocycles. The van der Waals surface area contributed by atoms with Crippen molar-refractivity contribution in [2.75, 3.05) is 62.1 Å². The van der Waals surface area contributed by atoms with Crippen LogP contribution in [-0.2, 0) is 16.0 Å². The molecule has 0 bridgehead atoms. The number of amides is 1. The van der Waals surface area contributed by atoms with Crippen molar-refractivity contribution in [2.24, 2.45) is 0 Å². The van der Waals surface area contributed by atoms with Crippen LogP contribution < -0.4 is 14.5 Å². The number of thioether (sulfide) groups is 1. The lowest BCUT2D eigenvalue weighted by Crippen LogP contribution is -2.46. The van der Waals surface area contributed by atoms with E-state index in [4.69, 9.17) is 32.7 Å². The average Bonchev–Trinajstić information content (AvgIpc) is 2.89. The van der Waals surface area contributed by atoms with Gasteiger partial charge in [-0.15, -0.1) is 0 Å². The maximum Gasteiger partial charge on any atom is 0.368 e. The van der Waals surface area contributed by atoms with E-state index in [1.807, 2.05) is 36.4 Å². The molecular formula is C26H31Cl2N3O4S. The van der Waals surface area contributed by atoms with E-state index in [-0.39, 0.29) is 12.6 Å². The van der Waals surface area contributed by atoms with Gasteiger partial charge in [0, 0.05) is 38.7 Å². The second-order valence-electron chi connectivity index (χ2n) is 8.80. The Kier molecular flexibility index (Phi) is 9.65. The maximum atomic E-state index is 12.4. The molecule has 4 rings (SSSR count). The Morgan fingerprint density at radius 3 is 2.61 bits per heavy atom. The summed E-state index contributed by atoms with van der Waals surface area (Å²) in [5.74, 6) is 0.669. The Balaban J connectivity index is 1.20. The molecule has 0 atom stereocenters. The van der Waals surface area contributed by atoms with E-state index in [1.54, 1.807) is 6.26 Å². The number of ether oxygens (including phenoxy) is 2. The number of rotatable bonds is 9. The van der Waals surface area contributed by atoms with Crippen molar-refractivity contribution in [1.82, 2.24) is 4.90 Å². The third kappa shape index (κ3) is 6.79. The number of carbonyl (C=O) groups excluding carboxylic acids is 2. The van der Waals surface area contributed by atoms with E-state index in [1.165, 1.54) is 4.90 Å². The van der Waals surface area contributed by atoms with Crippen molar-refractivity contribution in [2.45, 2.75) is 25.7 Å². The molecule has 36 heavy (non-hydrogen) atoms. The zero-order valence-electron chi connectivity index (χ0n) is 20.4. The molecule has 2 aliphatic rings. The lowest BCUT2D eigenvalue weighted by atomic mass is 10.0. The Morgan fingerprint density at radius 2 is 1.83 bits per heavy atom. The second kappa shape index (κ2) is 12.9. The molecule has 0 N–H and O–H groups in total. The zero-order valence-corrected chi connectivity index (χ0v) is 22.7. The number of benzene rings is 2. The second-order valence-corrected chi connectivity index (χ2v) is 10.3. The van der Waals surface area contributed by atoms with Gasteiger partial charge in [0.05, 0.1) is 28.0 Å². The first-order valence-corrected chi connectivity index (χ1v) is 14.1. The van der Waals surface area contributed by atoms with E-state index < -0.39 is 5.30 Å². The van der Waals surface area contributed by atoms with E-state index in [2.05, 4.69) is 9.80 Å². The van der Waals surface area contributed by atoms with Crippen molar-refractivity contribution in [1.29, 1.82) is 0 Å². The highest BCUT2D eigenvalue weighted by Crippen LogP contribution is 2.33. The predicted molar refractivity (Wildman–Crippen MR) is 147 cm³/mol. The highest BCUT2D eigenvalue weighted by Gasteiger charge is 2.26. The lowest BCUT2D eigenvalue weighted by molar-refractivity contribution is -0.119. The van der Waals surface area contributed by atoms with Crippen LogP contribution in [0.15, 0.2) is 36.4 Å². The minimum atomic E-state index is -0.406. The molecule has 1 amide bonds. The summed E-state index contributed by atoms with van der Waals surface area (Å²) in [4.78, 5) is 30.2. The topological polar surface area (TPSA) is 62.3 Å². The zero-order chi connectivity index (χ0) is 25.5. The molecule has 10 heteroatoms. The number of anilines is 2. The third-order valence-corrected chi connectivity index (χ3v) is 7.78. The largest absolute Gasteiger partial charge is 0.494 e. The van der Waals surface area contributed by atoms with Crippen LogP contribution in [-0.4, -0.2) is 68.4 Å². The van der Waals surface area contributed by atoms with Gasteiger partial charge in [0.15, 0.2) is 6.73 Å². The first-order valence-electron chi connectivity index (χ1n) is 12.1. The molecule has 0 aliphatic carbocycles. The predicted octanol–water partition coefficient (Wildman–Crippen LogP) is 5.71. The summed E-state index contributed by atoms with van der Waals surface area (Å²) in [7, 11) is 0. The number of aryl methyl sites for hydroxylation is 1. The van der Waals surface area contributed by atoms with Crippen LogP contribution in [0.2, 0.25) is 10.0 Å². The van der Waals surface area contributed by atoms with Gasteiger partial charge in [-0.1, -0.05) is 35.3 Å². The van der Waals surface area contributed by atoms with Crippen LogP contribution in [0.25, 0.3) is 0 Å². The van der Waals surface area contributed by atoms with Gasteiger partial charge in [-0.3, -0.25) is 14.6 Å². The maximum absolute atomic E-state index is 12.4. The molecule has 0 unspecified atom stereocenters. The molecule has 7 nitrogen and oxygen atoms in total. The van der Waals surface area contributed by atoms with Crippen molar-refractivity contribution in [3.05, 3.63) is 52.0 Å². The molecule has 1 saturated heterocycles. The number of fused-ring (bicyclic) bond motifs is 1. The number of hydrogen-bond acceptors (Lipinski definition) is 7. The monoisotopic (exact) mass is 551 g/mol. The fraction of sp³-hybridized carbons (Fsp3) is 0.462. The quantitative estimate of drug-likeness (QED) is 0.292. The molecule has 2 aromatic rings. The standard InChI is InChI=1S/C26H31Cl2N3O4S/c1-36-26(33)35-18-31-23-17-20(9-7-19(23)8-10-24(31)32)34-16-3-2-11-29-12-14-30(15-13-29)22-6-4-5-21(27)25(22)28/h4-7,9,17H,2-3,8,10-16,18H2,1H3. The Hall–Kier alpha value is -2.13. The van der Waals surface area contributed by atoms with Crippen molar-refractivity contribution in [3.8, 4) is 5.75 Å². The lowest BCUT2D eigenvalue weighted by Gasteiger charge is -2.36. The molecule has 0 aromatic heterocycles. The van der Waals surface area contributed by atoms with Crippen LogP contribution >= 0.6 is 35.0 Å². The average molecular weight is 553 g/mol. The highest BCUT2D eigenvalue weighted by molar-refractivity contribution is 8.12. The molecule has 194 valence electrons. The van der Waals surface area contributed by atoms with Crippen LogP contribution in [0.5, 0.6) is 5.75 Å². The summed E-state index contributed by atoms with van der Waals surface area (Å²) in [6.45, 7) is 5.37. The minimum absolute atomic E-state index is 0.0497. The summed E-state index contributed by atoms with van der Waals surface area (Å²) < 4.78 is 11.2. The molecule has 0 radical (unpaired) electrons. The van der Waals surface area contributed by atoms with Crippen molar-refractivity contribution < 1.29 is 19.1 Å². The van der Waals surface area contributed by atoms with Crippen molar-refractivity contribution in [3.63, 3.8) is 0 Å². The Bertz CT molecular complexity index is 1080. The highest BCUT2D eigenvalue weighted by atomic mass is 35.5. The molecule has 0 spiro atoms. The van der Waals surface area contributed by atoms with Crippen LogP contribution in [0, 0.1) is 0 Å². The number of halogens is 2. The number of hydrogen-bond donors (Lipinski definition) is 0. The molecule has 2 heterocycles. The van der Waals surface area contributed by atoms with E-state index in [0.29, 0.717) is 29.5 Å². The Labute approximate surface area is 226 Å². The van der Waals surface area contributed by atoms with E-state index in [9.17, 15) is 9.59 Å². The normalized spacial score (nSPS) is 16.1. The summed E-state index contributed by atoms with van der Waals surface area (Å²) in [6.07, 6.45) is 4.71. The van der Waals surface area contributed by atoms with Gasteiger partial charge < -0.3 is 14.4 Å². The van der Waals surface area contributed by atoms with Gasteiger partial charge in [-0.2, -0.15) is 0 Å². The molecule has 2 aromatic carbocycles. The van der Waals surface area contributed by atoms with Gasteiger partial charge in [0.1, 0.15) is 5.75 Å². The van der Waals surface area contributed by atoms with Gasteiger partial charge in [-0.25, -0.2) is 4.79 Å². The fourth-order valence-corrected chi connectivity index (χ4v) is 5.09. The summed E-state index contributed by atoms with van der Waals surface area (Å²) >= 11 is 13.5. The summed E-state index contributed by atoms with van der Waals surface area (Å²) in [6, 6.07) is 11.6. The number of nitrogens with zero attached hydrogens (tertiary/aromatic N) is 3. The van der Waals surface area contributed by atoms with Crippen LogP contribution in [0.3, 0.4) is 0 Å². The smallest absolute Gasteiger partial charge is 0.368 e. The van der Waals surface area contributed by atoms with Crippen LogP contribution in [0.1, 0.15) is 24.8 Å². The van der Waals surface area contributed by atoms with E-state index in [0.717, 1.165) is 80.0 Å². The summed E-state index contributed by atoms with van der Waals surface area (Å²) in [5.41, 5.74) is 2.82.